The van der Waals surface area contributed by atoms with E-state index in [9.17, 15) is 34.7 Å². The first kappa shape index (κ1) is 22.4. The summed E-state index contributed by atoms with van der Waals surface area (Å²) in [6, 6.07) is 7.40. The summed E-state index contributed by atoms with van der Waals surface area (Å²) in [5.41, 5.74) is 0. The second-order valence-electron chi connectivity index (χ2n) is 3.82. The summed E-state index contributed by atoms with van der Waals surface area (Å²) in [7, 11) is -8.87. The number of benzene rings is 2. The smallest absolute Gasteiger partial charge is 0.744 e. The van der Waals surface area contributed by atoms with Crippen molar-refractivity contribution in [1.82, 2.24) is 0 Å². The molecular formula is C12H8CaF2O6S2. The van der Waals surface area contributed by atoms with Crippen molar-refractivity contribution in [2.45, 2.75) is 9.79 Å². The van der Waals surface area contributed by atoms with Gasteiger partial charge >= 0.3 is 37.7 Å². The molecule has 0 aliphatic rings. The van der Waals surface area contributed by atoms with Gasteiger partial charge in [0.25, 0.3) is 0 Å². The maximum Gasteiger partial charge on any atom is 2.00 e. The largest absolute Gasteiger partial charge is 2.00 e. The SMILES string of the molecule is O=S(=O)([O-])c1ccc(F)cc1.O=S(=O)([O-])c1ccc(F)cc1.[Ca+2]. The molecule has 0 spiro atoms. The van der Waals surface area contributed by atoms with Gasteiger partial charge in [-0.2, -0.15) is 0 Å². The Kier molecular flexibility index (Phi) is 8.77. The topological polar surface area (TPSA) is 114 Å². The van der Waals surface area contributed by atoms with Gasteiger partial charge in [0.15, 0.2) is 0 Å². The predicted molar refractivity (Wildman–Crippen MR) is 74.5 cm³/mol. The van der Waals surface area contributed by atoms with Crippen LogP contribution in [0.15, 0.2) is 58.3 Å². The third kappa shape index (κ3) is 8.15. The van der Waals surface area contributed by atoms with Crippen LogP contribution in [0.5, 0.6) is 0 Å². The van der Waals surface area contributed by atoms with Crippen LogP contribution in [-0.4, -0.2) is 63.7 Å². The van der Waals surface area contributed by atoms with Crippen LogP contribution in [0.2, 0.25) is 0 Å². The molecule has 0 unspecified atom stereocenters. The summed E-state index contributed by atoms with van der Waals surface area (Å²) >= 11 is 0. The average Bonchev–Trinajstić information content (AvgIpc) is 2.38. The van der Waals surface area contributed by atoms with Crippen LogP contribution in [0.1, 0.15) is 0 Å². The molecule has 120 valence electrons. The first-order valence-corrected chi connectivity index (χ1v) is 8.25. The Balaban J connectivity index is 0.000000403. The van der Waals surface area contributed by atoms with Crippen molar-refractivity contribution < 1.29 is 34.7 Å². The van der Waals surface area contributed by atoms with E-state index in [-0.39, 0.29) is 37.7 Å². The van der Waals surface area contributed by atoms with Crippen molar-refractivity contribution in [3.8, 4) is 0 Å². The van der Waals surface area contributed by atoms with Gasteiger partial charge in [0.1, 0.15) is 31.9 Å². The van der Waals surface area contributed by atoms with Gasteiger partial charge in [-0.25, -0.2) is 25.6 Å². The molecule has 2 aromatic rings. The zero-order valence-corrected chi connectivity index (χ0v) is 15.2. The molecule has 0 aliphatic heterocycles. The van der Waals surface area contributed by atoms with Crippen molar-refractivity contribution in [2.75, 3.05) is 0 Å². The first-order chi connectivity index (χ1) is 10.00. The van der Waals surface area contributed by atoms with Crippen LogP contribution >= 0.6 is 0 Å². The van der Waals surface area contributed by atoms with Crippen molar-refractivity contribution >= 4 is 58.0 Å². The van der Waals surface area contributed by atoms with Crippen molar-refractivity contribution in [1.29, 1.82) is 0 Å². The number of rotatable bonds is 2. The van der Waals surface area contributed by atoms with Gasteiger partial charge in [-0.3, -0.25) is 0 Å². The maximum atomic E-state index is 12.2. The molecule has 0 bridgehead atoms. The molecule has 0 N–H and O–H groups in total. The van der Waals surface area contributed by atoms with Gasteiger partial charge in [0.2, 0.25) is 0 Å². The monoisotopic (exact) mass is 390 g/mol. The minimum absolute atomic E-state index is 0. The van der Waals surface area contributed by atoms with E-state index in [4.69, 9.17) is 0 Å². The fraction of sp³-hybridized carbons (Fsp3) is 0. The Morgan fingerprint density at radius 2 is 0.826 bits per heavy atom. The number of halogens is 2. The second-order valence-corrected chi connectivity index (χ2v) is 6.58. The first-order valence-electron chi connectivity index (χ1n) is 5.43. The van der Waals surface area contributed by atoms with E-state index in [1.54, 1.807) is 0 Å². The quantitative estimate of drug-likeness (QED) is 0.560. The molecule has 6 nitrogen and oxygen atoms in total. The molecule has 0 amide bonds. The van der Waals surface area contributed by atoms with Crippen LogP contribution in [-0.2, 0) is 20.2 Å². The summed E-state index contributed by atoms with van der Waals surface area (Å²) in [5.74, 6) is -1.14. The summed E-state index contributed by atoms with van der Waals surface area (Å²) < 4.78 is 86.0. The minimum Gasteiger partial charge on any atom is -0.744 e. The van der Waals surface area contributed by atoms with Gasteiger partial charge in [-0.05, 0) is 48.5 Å². The van der Waals surface area contributed by atoms with Crippen LogP contribution in [0.25, 0.3) is 0 Å². The van der Waals surface area contributed by atoms with Gasteiger partial charge < -0.3 is 9.11 Å². The Labute approximate surface area is 161 Å². The molecule has 0 aromatic heterocycles. The fourth-order valence-electron chi connectivity index (χ4n) is 1.20. The molecule has 23 heavy (non-hydrogen) atoms. The van der Waals surface area contributed by atoms with E-state index in [1.165, 1.54) is 0 Å². The molecule has 0 aliphatic carbocycles. The van der Waals surface area contributed by atoms with E-state index < -0.39 is 41.7 Å². The molecule has 0 fully saturated rings. The fourth-order valence-corrected chi connectivity index (χ4v) is 2.14. The van der Waals surface area contributed by atoms with E-state index in [2.05, 4.69) is 0 Å². The minimum atomic E-state index is -4.44. The molecule has 0 atom stereocenters. The Morgan fingerprint density at radius 3 is 1.00 bits per heavy atom. The maximum absolute atomic E-state index is 12.2. The Bertz CT molecular complexity index is 761. The molecule has 0 heterocycles. The van der Waals surface area contributed by atoms with Crippen molar-refractivity contribution in [3.05, 3.63) is 60.2 Å². The Hall–Kier alpha value is -0.620. The van der Waals surface area contributed by atoms with E-state index in [0.717, 1.165) is 48.5 Å². The summed E-state index contributed by atoms with van der Waals surface area (Å²) in [5, 5.41) is 0. The van der Waals surface area contributed by atoms with Gasteiger partial charge in [-0.1, -0.05) is 0 Å². The van der Waals surface area contributed by atoms with Crippen LogP contribution in [0, 0.1) is 11.6 Å². The third-order valence-corrected chi connectivity index (χ3v) is 3.90. The zero-order valence-electron chi connectivity index (χ0n) is 11.3. The molecule has 2 rings (SSSR count). The Morgan fingerprint density at radius 1 is 0.609 bits per heavy atom. The third-order valence-electron chi connectivity index (χ3n) is 2.20. The zero-order chi connectivity index (χ0) is 17.0. The van der Waals surface area contributed by atoms with E-state index in [0.29, 0.717) is 0 Å². The molecule has 2 aromatic carbocycles. The molecule has 0 saturated heterocycles. The standard InChI is InChI=1S/2C6H5FO3S.Ca/c2*7-5-1-3-6(4-2-5)11(8,9)10;/h2*1-4H,(H,8,9,10);/q;;+2/p-2. The normalized spacial score (nSPS) is 11.0. The van der Waals surface area contributed by atoms with E-state index >= 15 is 0 Å². The van der Waals surface area contributed by atoms with Gasteiger partial charge in [0, 0.05) is 0 Å². The van der Waals surface area contributed by atoms with Crippen LogP contribution in [0.4, 0.5) is 8.78 Å². The average molecular weight is 390 g/mol. The summed E-state index contributed by atoms with van der Waals surface area (Å²) in [6.07, 6.45) is 0. The van der Waals surface area contributed by atoms with E-state index in [1.807, 2.05) is 0 Å². The van der Waals surface area contributed by atoms with Crippen molar-refractivity contribution in [2.24, 2.45) is 0 Å². The van der Waals surface area contributed by atoms with Crippen LogP contribution < -0.4 is 0 Å². The molecular weight excluding hydrogens is 382 g/mol. The van der Waals surface area contributed by atoms with Crippen molar-refractivity contribution in [3.63, 3.8) is 0 Å². The van der Waals surface area contributed by atoms with Gasteiger partial charge in [-0.15, -0.1) is 0 Å². The van der Waals surface area contributed by atoms with Crippen LogP contribution in [0.3, 0.4) is 0 Å². The molecule has 0 saturated carbocycles. The van der Waals surface area contributed by atoms with Gasteiger partial charge in [0.05, 0.1) is 9.79 Å². The molecule has 0 radical (unpaired) electrons. The number of hydrogen-bond donors (Lipinski definition) is 0. The predicted octanol–water partition coefficient (Wildman–Crippen LogP) is 1.08. The second kappa shape index (κ2) is 9.02. The summed E-state index contributed by atoms with van der Waals surface area (Å²) in [4.78, 5) is -0.835. The molecule has 11 heteroatoms. The summed E-state index contributed by atoms with van der Waals surface area (Å²) in [6.45, 7) is 0. The number of hydrogen-bond acceptors (Lipinski definition) is 6.